The van der Waals surface area contributed by atoms with E-state index in [2.05, 4.69) is 79.1 Å². The molecule has 3 aromatic rings. The van der Waals surface area contributed by atoms with Gasteiger partial charge in [0.05, 0.1) is 0 Å². The van der Waals surface area contributed by atoms with E-state index in [-0.39, 0.29) is 12.4 Å². The van der Waals surface area contributed by atoms with Gasteiger partial charge in [0.25, 0.3) is 0 Å². The topological polar surface area (TPSA) is 12.0 Å². The lowest BCUT2D eigenvalue weighted by molar-refractivity contribution is 0.669. The van der Waals surface area contributed by atoms with E-state index in [9.17, 15) is 0 Å². The van der Waals surface area contributed by atoms with Crippen LogP contribution in [0.3, 0.4) is 0 Å². The van der Waals surface area contributed by atoms with E-state index >= 15 is 0 Å². The van der Waals surface area contributed by atoms with E-state index in [1.807, 2.05) is 18.4 Å². The van der Waals surface area contributed by atoms with E-state index in [1.54, 1.807) is 0 Å². The fourth-order valence-corrected chi connectivity index (χ4v) is 4.34. The van der Waals surface area contributed by atoms with Gasteiger partial charge >= 0.3 is 0 Å². The van der Waals surface area contributed by atoms with Crippen LogP contribution in [0.1, 0.15) is 33.9 Å². The normalized spacial score (nSPS) is 11.8. The predicted molar refractivity (Wildman–Crippen MR) is 113 cm³/mol. The van der Waals surface area contributed by atoms with E-state index < -0.39 is 0 Å². The van der Waals surface area contributed by atoms with Gasteiger partial charge in [0.1, 0.15) is 0 Å². The van der Waals surface area contributed by atoms with Crippen molar-refractivity contribution in [3.63, 3.8) is 0 Å². The van der Waals surface area contributed by atoms with Gasteiger partial charge in [0.15, 0.2) is 0 Å². The summed E-state index contributed by atoms with van der Waals surface area (Å²) < 4.78 is 0. The highest BCUT2D eigenvalue weighted by Crippen LogP contribution is 2.40. The Morgan fingerprint density at radius 2 is 1.72 bits per heavy atom. The Morgan fingerprint density at radius 3 is 2.44 bits per heavy atom. The lowest BCUT2D eigenvalue weighted by Crippen LogP contribution is -2.13. The summed E-state index contributed by atoms with van der Waals surface area (Å²) in [5.74, 6) is 0.438. The van der Waals surface area contributed by atoms with E-state index in [0.717, 1.165) is 13.0 Å². The number of nitrogens with one attached hydrogen (secondary N) is 1. The molecular formula is C22H26ClNS. The molecule has 0 aliphatic heterocycles. The van der Waals surface area contributed by atoms with E-state index in [0.29, 0.717) is 5.92 Å². The SMILES string of the molecule is CNCCC(c1ccccc1)c1sccc1-c1cc(C)ccc1C.Cl. The van der Waals surface area contributed by atoms with Crippen molar-refractivity contribution in [2.45, 2.75) is 26.2 Å². The van der Waals surface area contributed by atoms with Crippen LogP contribution in [0.25, 0.3) is 11.1 Å². The number of hydrogen-bond donors (Lipinski definition) is 1. The number of aryl methyl sites for hydroxylation is 2. The Labute approximate surface area is 161 Å². The Morgan fingerprint density at radius 1 is 0.960 bits per heavy atom. The monoisotopic (exact) mass is 371 g/mol. The molecule has 0 amide bonds. The summed E-state index contributed by atoms with van der Waals surface area (Å²) in [4.78, 5) is 1.48. The Kier molecular flexibility index (Phi) is 7.24. The Bertz CT molecular complexity index is 795. The maximum atomic E-state index is 3.31. The van der Waals surface area contributed by atoms with Gasteiger partial charge in [0.2, 0.25) is 0 Å². The molecule has 3 rings (SSSR count). The summed E-state index contributed by atoms with van der Waals surface area (Å²) in [5.41, 5.74) is 6.84. The molecule has 1 heterocycles. The minimum Gasteiger partial charge on any atom is -0.320 e. The fraction of sp³-hybridized carbons (Fsp3) is 0.273. The molecule has 0 radical (unpaired) electrons. The first kappa shape index (κ1) is 19.7. The van der Waals surface area contributed by atoms with Crippen molar-refractivity contribution in [3.05, 3.63) is 81.5 Å². The van der Waals surface area contributed by atoms with Crippen molar-refractivity contribution in [1.29, 1.82) is 0 Å². The minimum atomic E-state index is 0. The molecule has 0 saturated carbocycles. The van der Waals surface area contributed by atoms with Gasteiger partial charge in [-0.2, -0.15) is 0 Å². The first-order chi connectivity index (χ1) is 11.7. The lowest BCUT2D eigenvalue weighted by atomic mass is 9.89. The summed E-state index contributed by atoms with van der Waals surface area (Å²) >= 11 is 1.88. The van der Waals surface area contributed by atoms with E-state index in [1.165, 1.54) is 32.7 Å². The number of thiophene rings is 1. The van der Waals surface area contributed by atoms with Crippen LogP contribution in [0.4, 0.5) is 0 Å². The predicted octanol–water partition coefficient (Wildman–Crippen LogP) is 6.20. The largest absolute Gasteiger partial charge is 0.320 e. The highest BCUT2D eigenvalue weighted by molar-refractivity contribution is 7.10. The summed E-state index contributed by atoms with van der Waals surface area (Å²) in [7, 11) is 2.03. The van der Waals surface area contributed by atoms with Crippen molar-refractivity contribution < 1.29 is 0 Å². The third-order valence-electron chi connectivity index (χ3n) is 4.58. The smallest absolute Gasteiger partial charge is 0.0202 e. The van der Waals surface area contributed by atoms with Crippen LogP contribution in [-0.2, 0) is 0 Å². The van der Waals surface area contributed by atoms with Crippen LogP contribution in [0.15, 0.2) is 60.0 Å². The molecule has 2 aromatic carbocycles. The first-order valence-electron chi connectivity index (χ1n) is 8.55. The number of halogens is 1. The summed E-state index contributed by atoms with van der Waals surface area (Å²) in [6.07, 6.45) is 1.11. The van der Waals surface area contributed by atoms with Crippen LogP contribution in [0.5, 0.6) is 0 Å². The van der Waals surface area contributed by atoms with Gasteiger partial charge in [-0.3, -0.25) is 0 Å². The average Bonchev–Trinajstić information content (AvgIpc) is 3.07. The van der Waals surface area contributed by atoms with Crippen LogP contribution in [0, 0.1) is 13.8 Å². The quantitative estimate of drug-likeness (QED) is 0.544. The Hall–Kier alpha value is -1.61. The van der Waals surface area contributed by atoms with Crippen LogP contribution < -0.4 is 5.32 Å². The van der Waals surface area contributed by atoms with Crippen molar-refractivity contribution in [1.82, 2.24) is 5.32 Å². The van der Waals surface area contributed by atoms with Crippen LogP contribution in [-0.4, -0.2) is 13.6 Å². The summed E-state index contributed by atoms with van der Waals surface area (Å²) in [6, 6.07) is 19.9. The highest BCUT2D eigenvalue weighted by Gasteiger charge is 2.20. The zero-order valence-corrected chi connectivity index (χ0v) is 16.7. The van der Waals surface area contributed by atoms with Crippen LogP contribution in [0.2, 0.25) is 0 Å². The van der Waals surface area contributed by atoms with Gasteiger partial charge in [-0.05, 0) is 67.6 Å². The highest BCUT2D eigenvalue weighted by atomic mass is 35.5. The molecule has 1 aromatic heterocycles. The number of rotatable bonds is 6. The van der Waals surface area contributed by atoms with Crippen molar-refractivity contribution >= 4 is 23.7 Å². The summed E-state index contributed by atoms with van der Waals surface area (Å²) in [5, 5.41) is 5.55. The molecule has 0 saturated heterocycles. The molecule has 1 nitrogen and oxygen atoms in total. The zero-order valence-electron chi connectivity index (χ0n) is 15.1. The molecule has 132 valence electrons. The molecule has 0 fully saturated rings. The maximum absolute atomic E-state index is 3.31. The fourth-order valence-electron chi connectivity index (χ4n) is 3.26. The van der Waals surface area contributed by atoms with Gasteiger partial charge in [-0.15, -0.1) is 23.7 Å². The molecule has 25 heavy (non-hydrogen) atoms. The third kappa shape index (κ3) is 4.52. The average molecular weight is 372 g/mol. The molecule has 0 spiro atoms. The van der Waals surface area contributed by atoms with Crippen molar-refractivity contribution in [3.8, 4) is 11.1 Å². The van der Waals surface area contributed by atoms with Crippen molar-refractivity contribution in [2.24, 2.45) is 0 Å². The molecule has 3 heteroatoms. The first-order valence-corrected chi connectivity index (χ1v) is 9.43. The maximum Gasteiger partial charge on any atom is 0.0202 e. The van der Waals surface area contributed by atoms with Gasteiger partial charge < -0.3 is 5.32 Å². The Balaban J connectivity index is 0.00000225. The lowest BCUT2D eigenvalue weighted by Gasteiger charge is -2.19. The molecule has 1 N–H and O–H groups in total. The molecule has 1 unspecified atom stereocenters. The second-order valence-electron chi connectivity index (χ2n) is 6.37. The van der Waals surface area contributed by atoms with Crippen molar-refractivity contribution in [2.75, 3.05) is 13.6 Å². The molecular weight excluding hydrogens is 346 g/mol. The second-order valence-corrected chi connectivity index (χ2v) is 7.32. The van der Waals surface area contributed by atoms with E-state index in [4.69, 9.17) is 0 Å². The minimum absolute atomic E-state index is 0. The molecule has 0 bridgehead atoms. The van der Waals surface area contributed by atoms with Gasteiger partial charge in [0, 0.05) is 10.8 Å². The number of hydrogen-bond acceptors (Lipinski definition) is 2. The van der Waals surface area contributed by atoms with Crippen LogP contribution >= 0.6 is 23.7 Å². The van der Waals surface area contributed by atoms with Gasteiger partial charge in [-0.25, -0.2) is 0 Å². The second kappa shape index (κ2) is 9.19. The zero-order chi connectivity index (χ0) is 16.9. The summed E-state index contributed by atoms with van der Waals surface area (Å²) in [6.45, 7) is 5.40. The standard InChI is InChI=1S/C22H25NS.ClH/c1-16-9-10-17(2)21(15-16)20-12-14-24-22(20)19(11-13-23-3)18-7-5-4-6-8-18;/h4-10,12,14-15,19,23H,11,13H2,1-3H3;1H. The molecule has 1 atom stereocenters. The number of benzene rings is 2. The molecule has 0 aliphatic rings. The van der Waals surface area contributed by atoms with Gasteiger partial charge in [-0.1, -0.05) is 54.1 Å². The third-order valence-corrected chi connectivity index (χ3v) is 5.61. The molecule has 0 aliphatic carbocycles.